The Morgan fingerprint density at radius 2 is 1.92 bits per heavy atom. The van der Waals surface area contributed by atoms with Gasteiger partial charge in [-0.15, -0.1) is 0 Å². The van der Waals surface area contributed by atoms with Crippen molar-refractivity contribution in [1.29, 1.82) is 0 Å². The van der Waals surface area contributed by atoms with Crippen molar-refractivity contribution in [2.75, 3.05) is 19.6 Å². The fraction of sp³-hybridized carbons (Fsp3) is 1.00. The molecule has 2 unspecified atom stereocenters. The van der Waals surface area contributed by atoms with Gasteiger partial charge in [0, 0.05) is 13.1 Å². The zero-order valence-corrected chi connectivity index (χ0v) is 9.55. The van der Waals surface area contributed by atoms with Crippen molar-refractivity contribution >= 4 is 0 Å². The molecule has 1 saturated heterocycles. The van der Waals surface area contributed by atoms with E-state index in [1.54, 1.807) is 0 Å². The summed E-state index contributed by atoms with van der Waals surface area (Å²) < 4.78 is 0. The molecule has 1 heteroatoms. The Morgan fingerprint density at radius 1 is 1.15 bits per heavy atom. The van der Waals surface area contributed by atoms with Crippen molar-refractivity contribution < 1.29 is 0 Å². The van der Waals surface area contributed by atoms with Crippen LogP contribution >= 0.6 is 0 Å². The van der Waals surface area contributed by atoms with Gasteiger partial charge in [-0.2, -0.15) is 0 Å². The van der Waals surface area contributed by atoms with Crippen LogP contribution in [-0.2, 0) is 0 Å². The van der Waals surface area contributed by atoms with Gasteiger partial charge in [-0.05, 0) is 31.2 Å². The summed E-state index contributed by atoms with van der Waals surface area (Å²) in [6.07, 6.45) is 5.55. The minimum atomic E-state index is 0.943. The van der Waals surface area contributed by atoms with Crippen LogP contribution in [0.1, 0.15) is 46.5 Å². The Hall–Kier alpha value is -0.0400. The zero-order chi connectivity index (χ0) is 9.68. The standard InChI is InChI=1S/C12H25N/c1-4-6-7-12-10-13(8-5-2)9-11(12)3/h11-12H,4-10H2,1-3H3. The van der Waals surface area contributed by atoms with Gasteiger partial charge in [-0.25, -0.2) is 0 Å². The molecule has 1 nitrogen and oxygen atoms in total. The number of rotatable bonds is 5. The zero-order valence-electron chi connectivity index (χ0n) is 9.55. The highest BCUT2D eigenvalue weighted by molar-refractivity contribution is 4.80. The maximum absolute atomic E-state index is 2.64. The smallest absolute Gasteiger partial charge is 0.00128 e. The van der Waals surface area contributed by atoms with Crippen molar-refractivity contribution in [3.8, 4) is 0 Å². The fourth-order valence-corrected chi connectivity index (χ4v) is 2.48. The molecule has 0 aliphatic carbocycles. The maximum atomic E-state index is 2.64. The first-order valence-electron chi connectivity index (χ1n) is 6.00. The maximum Gasteiger partial charge on any atom is 0.00128 e. The van der Waals surface area contributed by atoms with Crippen LogP contribution in [0.5, 0.6) is 0 Å². The van der Waals surface area contributed by atoms with Crippen LogP contribution in [0.15, 0.2) is 0 Å². The Balaban J connectivity index is 2.24. The molecular formula is C12H25N. The molecule has 78 valence electrons. The van der Waals surface area contributed by atoms with Crippen LogP contribution < -0.4 is 0 Å². The molecule has 0 spiro atoms. The fourth-order valence-electron chi connectivity index (χ4n) is 2.48. The Kier molecular flexibility index (Phi) is 4.79. The second-order valence-electron chi connectivity index (χ2n) is 4.64. The molecule has 1 heterocycles. The van der Waals surface area contributed by atoms with Crippen LogP contribution in [0.2, 0.25) is 0 Å². The van der Waals surface area contributed by atoms with Gasteiger partial charge < -0.3 is 4.90 Å². The van der Waals surface area contributed by atoms with E-state index in [2.05, 4.69) is 25.7 Å². The van der Waals surface area contributed by atoms with E-state index in [-0.39, 0.29) is 0 Å². The van der Waals surface area contributed by atoms with Crippen LogP contribution in [0.25, 0.3) is 0 Å². The summed E-state index contributed by atoms with van der Waals surface area (Å²) in [5.74, 6) is 1.93. The normalized spacial score (nSPS) is 29.8. The monoisotopic (exact) mass is 183 g/mol. The van der Waals surface area contributed by atoms with E-state index < -0.39 is 0 Å². The molecule has 1 aliphatic heterocycles. The van der Waals surface area contributed by atoms with Gasteiger partial charge in [-0.1, -0.05) is 33.6 Å². The number of hydrogen-bond acceptors (Lipinski definition) is 1. The summed E-state index contributed by atoms with van der Waals surface area (Å²) in [5.41, 5.74) is 0. The molecule has 1 aliphatic rings. The molecule has 0 aromatic heterocycles. The molecule has 0 aromatic rings. The molecule has 1 rings (SSSR count). The SMILES string of the molecule is CCCCC1CN(CCC)CC1C. The highest BCUT2D eigenvalue weighted by atomic mass is 15.1. The van der Waals surface area contributed by atoms with Crippen LogP contribution in [0.4, 0.5) is 0 Å². The molecule has 13 heavy (non-hydrogen) atoms. The minimum absolute atomic E-state index is 0.943. The lowest BCUT2D eigenvalue weighted by molar-refractivity contribution is 0.319. The molecule has 0 N–H and O–H groups in total. The summed E-state index contributed by atoms with van der Waals surface area (Å²) in [5, 5.41) is 0. The summed E-state index contributed by atoms with van der Waals surface area (Å²) in [4.78, 5) is 2.64. The van der Waals surface area contributed by atoms with E-state index in [0.717, 1.165) is 11.8 Å². The first-order valence-corrected chi connectivity index (χ1v) is 6.00. The molecule has 0 bridgehead atoms. The second kappa shape index (κ2) is 5.64. The Labute approximate surface area is 83.5 Å². The topological polar surface area (TPSA) is 3.24 Å². The average molecular weight is 183 g/mol. The molecule has 0 radical (unpaired) electrons. The predicted molar refractivity (Wildman–Crippen MR) is 58.9 cm³/mol. The lowest BCUT2D eigenvalue weighted by atomic mass is 9.93. The number of nitrogens with zero attached hydrogens (tertiary/aromatic N) is 1. The lowest BCUT2D eigenvalue weighted by Gasteiger charge is -2.14. The third-order valence-electron chi connectivity index (χ3n) is 3.31. The quantitative estimate of drug-likeness (QED) is 0.633. The average Bonchev–Trinajstić information content (AvgIpc) is 2.44. The van der Waals surface area contributed by atoms with Gasteiger partial charge in [0.2, 0.25) is 0 Å². The highest BCUT2D eigenvalue weighted by Gasteiger charge is 2.27. The van der Waals surface area contributed by atoms with Gasteiger partial charge >= 0.3 is 0 Å². The second-order valence-corrected chi connectivity index (χ2v) is 4.64. The number of hydrogen-bond donors (Lipinski definition) is 0. The van der Waals surface area contributed by atoms with Crippen molar-refractivity contribution in [3.05, 3.63) is 0 Å². The van der Waals surface area contributed by atoms with Crippen molar-refractivity contribution in [1.82, 2.24) is 4.90 Å². The summed E-state index contributed by atoms with van der Waals surface area (Å²) >= 11 is 0. The highest BCUT2D eigenvalue weighted by Crippen LogP contribution is 2.27. The lowest BCUT2D eigenvalue weighted by Crippen LogP contribution is -2.21. The molecule has 0 saturated carbocycles. The first-order chi connectivity index (χ1) is 6.27. The minimum Gasteiger partial charge on any atom is -0.303 e. The van der Waals surface area contributed by atoms with Gasteiger partial charge in [0.15, 0.2) is 0 Å². The van der Waals surface area contributed by atoms with Crippen LogP contribution in [0, 0.1) is 11.8 Å². The largest absolute Gasteiger partial charge is 0.303 e. The van der Waals surface area contributed by atoms with Crippen molar-refractivity contribution in [2.45, 2.75) is 46.5 Å². The van der Waals surface area contributed by atoms with Crippen molar-refractivity contribution in [3.63, 3.8) is 0 Å². The van der Waals surface area contributed by atoms with Gasteiger partial charge in [0.25, 0.3) is 0 Å². The number of likely N-dealkylation sites (tertiary alicyclic amines) is 1. The Bertz CT molecular complexity index is 133. The van der Waals surface area contributed by atoms with E-state index >= 15 is 0 Å². The molecular weight excluding hydrogens is 158 g/mol. The van der Waals surface area contributed by atoms with Gasteiger partial charge in [0.1, 0.15) is 0 Å². The van der Waals surface area contributed by atoms with E-state index in [9.17, 15) is 0 Å². The predicted octanol–water partition coefficient (Wildman–Crippen LogP) is 3.15. The third-order valence-corrected chi connectivity index (χ3v) is 3.31. The summed E-state index contributed by atoms with van der Waals surface area (Å²) in [7, 11) is 0. The van der Waals surface area contributed by atoms with Gasteiger partial charge in [0.05, 0.1) is 0 Å². The summed E-state index contributed by atoms with van der Waals surface area (Å²) in [6.45, 7) is 11.0. The third kappa shape index (κ3) is 3.30. The molecule has 2 atom stereocenters. The van der Waals surface area contributed by atoms with Crippen LogP contribution in [0.3, 0.4) is 0 Å². The van der Waals surface area contributed by atoms with Crippen molar-refractivity contribution in [2.24, 2.45) is 11.8 Å². The van der Waals surface area contributed by atoms with E-state index in [1.807, 2.05) is 0 Å². The summed E-state index contributed by atoms with van der Waals surface area (Å²) in [6, 6.07) is 0. The molecule has 0 amide bonds. The van der Waals surface area contributed by atoms with E-state index in [0.29, 0.717) is 0 Å². The number of unbranched alkanes of at least 4 members (excludes halogenated alkanes) is 1. The Morgan fingerprint density at radius 3 is 2.54 bits per heavy atom. The first kappa shape index (κ1) is 11.0. The van der Waals surface area contributed by atoms with E-state index in [4.69, 9.17) is 0 Å². The van der Waals surface area contributed by atoms with Crippen LogP contribution in [-0.4, -0.2) is 24.5 Å². The van der Waals surface area contributed by atoms with Gasteiger partial charge in [-0.3, -0.25) is 0 Å². The molecule has 0 aromatic carbocycles. The molecule has 1 fully saturated rings. The van der Waals surface area contributed by atoms with E-state index in [1.165, 1.54) is 45.3 Å².